The largest absolute Gasteiger partial charge is 0.378 e. The lowest BCUT2D eigenvalue weighted by atomic mass is 9.94. The molecule has 0 amide bonds. The van der Waals surface area contributed by atoms with Crippen molar-refractivity contribution in [2.45, 2.75) is 25.3 Å². The van der Waals surface area contributed by atoms with E-state index >= 15 is 0 Å². The van der Waals surface area contributed by atoms with Gasteiger partial charge in [-0.1, -0.05) is 0 Å². The zero-order valence-corrected chi connectivity index (χ0v) is 10.8. The highest BCUT2D eigenvalue weighted by Gasteiger charge is 2.34. The van der Waals surface area contributed by atoms with E-state index in [4.69, 9.17) is 9.47 Å². The Morgan fingerprint density at radius 2 is 2.00 bits per heavy atom. The van der Waals surface area contributed by atoms with Gasteiger partial charge in [0.05, 0.1) is 13.2 Å². The van der Waals surface area contributed by atoms with Crippen LogP contribution in [0.2, 0.25) is 0 Å². The summed E-state index contributed by atoms with van der Waals surface area (Å²) in [4.78, 5) is 4.36. The number of nitrogens with zero attached hydrogens (tertiary/aromatic N) is 2. The van der Waals surface area contributed by atoms with Crippen LogP contribution in [-0.2, 0) is 9.47 Å². The molecule has 2 aliphatic rings. The molecule has 0 saturated carbocycles. The first-order valence-corrected chi connectivity index (χ1v) is 6.45. The molecule has 0 aromatic carbocycles. The molecule has 2 heterocycles. The maximum atomic E-state index is 10.5. The molecule has 0 bridgehead atoms. The van der Waals surface area contributed by atoms with Gasteiger partial charge in [0.15, 0.2) is 0 Å². The first-order chi connectivity index (χ1) is 8.22. The van der Waals surface area contributed by atoms with Crippen molar-refractivity contribution in [1.82, 2.24) is 9.80 Å². The van der Waals surface area contributed by atoms with E-state index in [9.17, 15) is 5.11 Å². The van der Waals surface area contributed by atoms with Crippen LogP contribution < -0.4 is 0 Å². The van der Waals surface area contributed by atoms with Gasteiger partial charge in [-0.05, 0) is 33.0 Å². The van der Waals surface area contributed by atoms with E-state index in [0.717, 1.165) is 32.5 Å². The number of rotatable bonds is 3. The molecule has 2 rings (SSSR count). The molecule has 5 nitrogen and oxygen atoms in total. The number of hydrogen-bond acceptors (Lipinski definition) is 5. The highest BCUT2D eigenvalue weighted by atomic mass is 16.5. The summed E-state index contributed by atoms with van der Waals surface area (Å²) in [6.07, 6.45) is 1.63. The quantitative estimate of drug-likeness (QED) is 0.754. The average molecular weight is 244 g/mol. The third-order valence-corrected chi connectivity index (χ3v) is 3.92. The van der Waals surface area contributed by atoms with Crippen LogP contribution in [0.3, 0.4) is 0 Å². The lowest BCUT2D eigenvalue weighted by Gasteiger charge is -2.42. The van der Waals surface area contributed by atoms with Crippen molar-refractivity contribution in [3.8, 4) is 0 Å². The Hall–Kier alpha value is -0.200. The summed E-state index contributed by atoms with van der Waals surface area (Å²) in [6, 6.07) is 0. The van der Waals surface area contributed by atoms with Gasteiger partial charge in [0.25, 0.3) is 0 Å². The number of aliphatic hydroxyl groups excluding tert-OH is 1. The summed E-state index contributed by atoms with van der Waals surface area (Å²) in [5, 5.41) is 10.5. The first-order valence-electron chi connectivity index (χ1n) is 6.45. The fourth-order valence-electron chi connectivity index (χ4n) is 2.70. The second kappa shape index (κ2) is 6.11. The maximum absolute atomic E-state index is 10.5. The van der Waals surface area contributed by atoms with Crippen LogP contribution >= 0.6 is 0 Å². The van der Waals surface area contributed by atoms with Crippen molar-refractivity contribution in [3.63, 3.8) is 0 Å². The molecular formula is C12H24N2O3. The number of hydrogen-bond donors (Lipinski definition) is 1. The van der Waals surface area contributed by atoms with Gasteiger partial charge >= 0.3 is 0 Å². The summed E-state index contributed by atoms with van der Waals surface area (Å²) >= 11 is 0. The molecule has 0 radical (unpaired) electrons. The van der Waals surface area contributed by atoms with Crippen molar-refractivity contribution in [1.29, 1.82) is 0 Å². The van der Waals surface area contributed by atoms with Crippen LogP contribution in [0, 0.1) is 5.92 Å². The Balaban J connectivity index is 1.90. The normalized spacial score (nSPS) is 31.6. The van der Waals surface area contributed by atoms with E-state index in [2.05, 4.69) is 11.9 Å². The van der Waals surface area contributed by atoms with Crippen molar-refractivity contribution in [3.05, 3.63) is 0 Å². The number of morpholine rings is 1. The second-order valence-electron chi connectivity index (χ2n) is 5.06. The summed E-state index contributed by atoms with van der Waals surface area (Å²) in [5.41, 5.74) is 0. The number of methoxy groups -OCH3 is 1. The van der Waals surface area contributed by atoms with Crippen molar-refractivity contribution < 1.29 is 14.6 Å². The molecular weight excluding hydrogens is 220 g/mol. The van der Waals surface area contributed by atoms with E-state index in [-0.39, 0.29) is 6.23 Å². The molecule has 0 aliphatic carbocycles. The minimum Gasteiger partial charge on any atom is -0.378 e. The highest BCUT2D eigenvalue weighted by molar-refractivity contribution is 4.79. The zero-order chi connectivity index (χ0) is 12.3. The Labute approximate surface area is 103 Å². The SMILES string of the molecule is COC1COCCN1C(O)C1CCN(C)CC1. The van der Waals surface area contributed by atoms with E-state index < -0.39 is 6.23 Å². The zero-order valence-electron chi connectivity index (χ0n) is 10.8. The van der Waals surface area contributed by atoms with Crippen molar-refractivity contribution >= 4 is 0 Å². The molecule has 2 atom stereocenters. The fraction of sp³-hybridized carbons (Fsp3) is 1.00. The van der Waals surface area contributed by atoms with Crippen LogP contribution in [0.5, 0.6) is 0 Å². The van der Waals surface area contributed by atoms with Gasteiger partial charge in [0.2, 0.25) is 0 Å². The predicted molar refractivity (Wildman–Crippen MR) is 64.5 cm³/mol. The molecule has 1 N–H and O–H groups in total. The second-order valence-corrected chi connectivity index (χ2v) is 5.06. The van der Waals surface area contributed by atoms with E-state index in [0.29, 0.717) is 19.1 Å². The first kappa shape index (κ1) is 13.2. The Kier molecular flexibility index (Phi) is 4.76. The Morgan fingerprint density at radius 1 is 1.29 bits per heavy atom. The third-order valence-electron chi connectivity index (χ3n) is 3.92. The number of ether oxygens (including phenoxy) is 2. The molecule has 0 spiro atoms. The number of aliphatic hydroxyl groups is 1. The third kappa shape index (κ3) is 3.17. The minimum absolute atomic E-state index is 0.0987. The molecule has 2 saturated heterocycles. The lowest BCUT2D eigenvalue weighted by Crippen LogP contribution is -2.55. The molecule has 100 valence electrons. The minimum atomic E-state index is -0.391. The Morgan fingerprint density at radius 3 is 2.65 bits per heavy atom. The van der Waals surface area contributed by atoms with E-state index in [1.807, 2.05) is 4.90 Å². The average Bonchev–Trinajstić information content (AvgIpc) is 2.39. The van der Waals surface area contributed by atoms with Gasteiger partial charge in [0.1, 0.15) is 12.5 Å². The summed E-state index contributed by atoms with van der Waals surface area (Å²) in [5.74, 6) is 0.363. The van der Waals surface area contributed by atoms with Gasteiger partial charge in [-0.25, -0.2) is 4.90 Å². The molecule has 2 aliphatic heterocycles. The lowest BCUT2D eigenvalue weighted by molar-refractivity contribution is -0.194. The summed E-state index contributed by atoms with van der Waals surface area (Å²) < 4.78 is 10.7. The van der Waals surface area contributed by atoms with Gasteiger partial charge in [0, 0.05) is 19.6 Å². The van der Waals surface area contributed by atoms with Gasteiger partial charge in [-0.2, -0.15) is 0 Å². The van der Waals surface area contributed by atoms with Crippen molar-refractivity contribution in [2.75, 3.05) is 47.0 Å². The number of likely N-dealkylation sites (tertiary alicyclic amines) is 1. The molecule has 0 aromatic rings. The van der Waals surface area contributed by atoms with Crippen LogP contribution in [0.1, 0.15) is 12.8 Å². The molecule has 2 fully saturated rings. The van der Waals surface area contributed by atoms with Gasteiger partial charge < -0.3 is 19.5 Å². The van der Waals surface area contributed by atoms with Crippen LogP contribution in [0.15, 0.2) is 0 Å². The van der Waals surface area contributed by atoms with Crippen molar-refractivity contribution in [2.24, 2.45) is 5.92 Å². The highest BCUT2D eigenvalue weighted by Crippen LogP contribution is 2.24. The smallest absolute Gasteiger partial charge is 0.135 e. The predicted octanol–water partition coefficient (Wildman–Crippen LogP) is -0.0487. The maximum Gasteiger partial charge on any atom is 0.135 e. The molecule has 0 aromatic heterocycles. The monoisotopic (exact) mass is 244 g/mol. The number of piperidine rings is 1. The summed E-state index contributed by atoms with van der Waals surface area (Å²) in [6.45, 7) is 4.14. The van der Waals surface area contributed by atoms with E-state index in [1.54, 1.807) is 7.11 Å². The molecule has 17 heavy (non-hydrogen) atoms. The van der Waals surface area contributed by atoms with Crippen LogP contribution in [0.4, 0.5) is 0 Å². The van der Waals surface area contributed by atoms with Crippen LogP contribution in [0.25, 0.3) is 0 Å². The van der Waals surface area contributed by atoms with Gasteiger partial charge in [-0.15, -0.1) is 0 Å². The standard InChI is InChI=1S/C12H24N2O3/c1-13-5-3-10(4-6-13)12(15)14-7-8-17-9-11(14)16-2/h10-12,15H,3-9H2,1-2H3. The molecule has 5 heteroatoms. The summed E-state index contributed by atoms with van der Waals surface area (Å²) in [7, 11) is 3.81. The van der Waals surface area contributed by atoms with Gasteiger partial charge in [-0.3, -0.25) is 0 Å². The topological polar surface area (TPSA) is 45.2 Å². The Bertz CT molecular complexity index is 232. The van der Waals surface area contributed by atoms with Crippen LogP contribution in [-0.4, -0.2) is 74.4 Å². The molecule has 2 unspecified atom stereocenters. The van der Waals surface area contributed by atoms with E-state index in [1.165, 1.54) is 0 Å². The fourth-order valence-corrected chi connectivity index (χ4v) is 2.70.